The Hall–Kier alpha value is -3.22. The van der Waals surface area contributed by atoms with Gasteiger partial charge < -0.3 is 15.6 Å². The highest BCUT2D eigenvalue weighted by atomic mass is 19.1. The third-order valence-electron chi connectivity index (χ3n) is 7.92. The number of aromatic amines is 1. The minimum Gasteiger partial charge on any atom is -0.350 e. The first-order valence-corrected chi connectivity index (χ1v) is 12.0. The van der Waals surface area contributed by atoms with E-state index in [1.165, 1.54) is 25.3 Å². The van der Waals surface area contributed by atoms with Gasteiger partial charge in [-0.2, -0.15) is 0 Å². The molecule has 7 heteroatoms. The molecule has 0 unspecified atom stereocenters. The Bertz CT molecular complexity index is 1250. The van der Waals surface area contributed by atoms with Crippen molar-refractivity contribution >= 4 is 28.4 Å². The first-order valence-electron chi connectivity index (χ1n) is 12.0. The van der Waals surface area contributed by atoms with Crippen LogP contribution in [-0.2, 0) is 11.2 Å². The van der Waals surface area contributed by atoms with Crippen molar-refractivity contribution in [3.8, 4) is 0 Å². The van der Waals surface area contributed by atoms with Crippen molar-refractivity contribution in [1.29, 1.82) is 0 Å². The van der Waals surface area contributed by atoms with Crippen molar-refractivity contribution in [2.75, 3.05) is 5.32 Å². The Morgan fingerprint density at radius 3 is 2.24 bits per heavy atom. The summed E-state index contributed by atoms with van der Waals surface area (Å²) in [6.45, 7) is 0. The molecule has 7 rings (SSSR count). The fraction of sp³-hybridized carbons (Fsp3) is 0.407. The molecule has 2 amide bonds. The molecule has 4 aliphatic rings. The van der Waals surface area contributed by atoms with Gasteiger partial charge in [0.15, 0.2) is 0 Å². The van der Waals surface area contributed by atoms with E-state index in [9.17, 15) is 18.4 Å². The van der Waals surface area contributed by atoms with Crippen LogP contribution in [0.2, 0.25) is 0 Å². The summed E-state index contributed by atoms with van der Waals surface area (Å²) in [5.41, 5.74) is 1.80. The maximum absolute atomic E-state index is 13.9. The number of anilines is 1. The van der Waals surface area contributed by atoms with Crippen LogP contribution in [-0.4, -0.2) is 22.3 Å². The molecule has 0 saturated heterocycles. The summed E-state index contributed by atoms with van der Waals surface area (Å²) in [5, 5.41) is 6.30. The molecule has 3 N–H and O–H groups in total. The molecule has 1 aromatic heterocycles. The molecule has 4 bridgehead atoms. The Labute approximate surface area is 196 Å². The molecule has 0 spiro atoms. The van der Waals surface area contributed by atoms with Gasteiger partial charge in [-0.3, -0.25) is 9.59 Å². The Morgan fingerprint density at radius 2 is 1.59 bits per heavy atom. The first kappa shape index (κ1) is 21.3. The summed E-state index contributed by atoms with van der Waals surface area (Å²) in [7, 11) is 0. The number of hydrogen-bond acceptors (Lipinski definition) is 2. The van der Waals surface area contributed by atoms with Crippen molar-refractivity contribution < 1.29 is 18.4 Å². The van der Waals surface area contributed by atoms with Crippen LogP contribution in [0.15, 0.2) is 42.5 Å². The zero-order valence-corrected chi connectivity index (χ0v) is 18.8. The second-order valence-electron chi connectivity index (χ2n) is 10.6. The molecule has 1 heterocycles. The van der Waals surface area contributed by atoms with Crippen LogP contribution in [0.4, 0.5) is 14.5 Å². The number of carbonyl (C=O) groups excluding carboxylic acids is 2. The standard InChI is InChI=1S/C27H27F2N3O2/c28-19-9-22(29)21-11-24(31-23(21)10-19)26(34)30-20-3-1-15(2-4-20)8-25(33)32-27-12-16-5-17(13-27)7-18(6-16)14-27/h1-4,9-11,16-18,31H,5-8,12-14H2,(H,30,34)(H,32,33). The normalized spacial score (nSPS) is 27.2. The molecule has 34 heavy (non-hydrogen) atoms. The monoisotopic (exact) mass is 463 g/mol. The van der Waals surface area contributed by atoms with Gasteiger partial charge in [-0.1, -0.05) is 12.1 Å². The summed E-state index contributed by atoms with van der Waals surface area (Å²) in [4.78, 5) is 28.2. The van der Waals surface area contributed by atoms with E-state index in [2.05, 4.69) is 15.6 Å². The van der Waals surface area contributed by atoms with Gasteiger partial charge in [0.05, 0.1) is 11.9 Å². The zero-order chi connectivity index (χ0) is 23.4. The van der Waals surface area contributed by atoms with Crippen molar-refractivity contribution in [3.05, 3.63) is 65.4 Å². The van der Waals surface area contributed by atoms with Crippen LogP contribution in [0.25, 0.3) is 10.9 Å². The van der Waals surface area contributed by atoms with Gasteiger partial charge in [0.2, 0.25) is 5.91 Å². The number of benzene rings is 2. The summed E-state index contributed by atoms with van der Waals surface area (Å²) >= 11 is 0. The Morgan fingerprint density at radius 1 is 0.941 bits per heavy atom. The highest BCUT2D eigenvalue weighted by Gasteiger charge is 2.51. The fourth-order valence-corrected chi connectivity index (χ4v) is 6.98. The molecule has 176 valence electrons. The molecule has 0 atom stereocenters. The maximum Gasteiger partial charge on any atom is 0.272 e. The average molecular weight is 464 g/mol. The molecular weight excluding hydrogens is 436 g/mol. The third-order valence-corrected chi connectivity index (χ3v) is 7.92. The highest BCUT2D eigenvalue weighted by Crippen LogP contribution is 2.55. The number of nitrogens with one attached hydrogen (secondary N) is 3. The molecule has 2 aromatic carbocycles. The van der Waals surface area contributed by atoms with Gasteiger partial charge in [0, 0.05) is 22.7 Å². The molecule has 4 saturated carbocycles. The molecule has 0 radical (unpaired) electrons. The van der Waals surface area contributed by atoms with Crippen LogP contribution >= 0.6 is 0 Å². The van der Waals surface area contributed by atoms with Crippen LogP contribution in [0.1, 0.15) is 54.6 Å². The van der Waals surface area contributed by atoms with Crippen molar-refractivity contribution in [1.82, 2.24) is 10.3 Å². The maximum atomic E-state index is 13.9. The van der Waals surface area contributed by atoms with Gasteiger partial charge in [0.1, 0.15) is 17.3 Å². The lowest BCUT2D eigenvalue weighted by Gasteiger charge is -2.56. The van der Waals surface area contributed by atoms with E-state index in [0.29, 0.717) is 12.1 Å². The number of aromatic nitrogens is 1. The van der Waals surface area contributed by atoms with Gasteiger partial charge >= 0.3 is 0 Å². The minimum atomic E-state index is -0.721. The van der Waals surface area contributed by atoms with E-state index >= 15 is 0 Å². The number of H-pyrrole nitrogens is 1. The number of halogens is 2. The first-order chi connectivity index (χ1) is 16.3. The Kier molecular flexibility index (Phi) is 4.97. The third kappa shape index (κ3) is 3.97. The smallest absolute Gasteiger partial charge is 0.272 e. The minimum absolute atomic E-state index is 0.00171. The van der Waals surface area contributed by atoms with Gasteiger partial charge in [-0.25, -0.2) is 8.78 Å². The summed E-state index contributed by atoms with van der Waals surface area (Å²) in [6, 6.07) is 10.4. The summed E-state index contributed by atoms with van der Waals surface area (Å²) in [5.74, 6) is 0.518. The van der Waals surface area contributed by atoms with Crippen LogP contribution in [0.5, 0.6) is 0 Å². The van der Waals surface area contributed by atoms with Crippen molar-refractivity contribution in [2.45, 2.75) is 50.5 Å². The fourth-order valence-electron chi connectivity index (χ4n) is 6.98. The quantitative estimate of drug-likeness (QED) is 0.479. The van der Waals surface area contributed by atoms with E-state index < -0.39 is 17.5 Å². The lowest BCUT2D eigenvalue weighted by molar-refractivity contribution is -0.126. The van der Waals surface area contributed by atoms with Gasteiger partial charge in [0.25, 0.3) is 5.91 Å². The molecule has 0 aliphatic heterocycles. The molecule has 4 aliphatic carbocycles. The number of rotatable bonds is 5. The van der Waals surface area contributed by atoms with Crippen LogP contribution in [0, 0.1) is 29.4 Å². The highest BCUT2D eigenvalue weighted by molar-refractivity contribution is 6.06. The predicted molar refractivity (Wildman–Crippen MR) is 125 cm³/mol. The van der Waals surface area contributed by atoms with Crippen LogP contribution < -0.4 is 10.6 Å². The molecule has 4 fully saturated rings. The number of hydrogen-bond donors (Lipinski definition) is 3. The molecule has 5 nitrogen and oxygen atoms in total. The lowest BCUT2D eigenvalue weighted by atomic mass is 9.53. The predicted octanol–water partition coefficient (Wildman–Crippen LogP) is 5.33. The van der Waals surface area contributed by atoms with Gasteiger partial charge in [-0.05, 0) is 86.1 Å². The average Bonchev–Trinajstić information content (AvgIpc) is 3.18. The topological polar surface area (TPSA) is 74.0 Å². The van der Waals surface area contributed by atoms with E-state index in [-0.39, 0.29) is 28.0 Å². The lowest BCUT2D eigenvalue weighted by Crippen LogP contribution is -2.60. The number of carbonyl (C=O) groups is 2. The summed E-state index contributed by atoms with van der Waals surface area (Å²) in [6.07, 6.45) is 7.70. The van der Waals surface area contributed by atoms with E-state index in [4.69, 9.17) is 0 Å². The van der Waals surface area contributed by atoms with Crippen molar-refractivity contribution in [3.63, 3.8) is 0 Å². The van der Waals surface area contributed by atoms with Crippen LogP contribution in [0.3, 0.4) is 0 Å². The molecular formula is C27H27F2N3O2. The second kappa shape index (κ2) is 7.93. The van der Waals surface area contributed by atoms with Gasteiger partial charge in [-0.15, -0.1) is 0 Å². The van der Waals surface area contributed by atoms with Crippen molar-refractivity contribution in [2.24, 2.45) is 17.8 Å². The summed E-state index contributed by atoms with van der Waals surface area (Å²) < 4.78 is 27.3. The Balaban J connectivity index is 1.08. The zero-order valence-electron chi connectivity index (χ0n) is 18.8. The van der Waals surface area contributed by atoms with E-state index in [0.717, 1.165) is 54.7 Å². The number of fused-ring (bicyclic) bond motifs is 1. The molecule has 3 aromatic rings. The largest absolute Gasteiger partial charge is 0.350 e. The number of amides is 2. The van der Waals surface area contributed by atoms with E-state index in [1.807, 2.05) is 12.1 Å². The SMILES string of the molecule is O=C(Cc1ccc(NC(=O)c2cc3c(F)cc(F)cc3[nH]2)cc1)NC12CC3CC(CC(C3)C1)C2. The second-order valence-corrected chi connectivity index (χ2v) is 10.6. The van der Waals surface area contributed by atoms with E-state index in [1.54, 1.807) is 12.1 Å².